The fourth-order valence-electron chi connectivity index (χ4n) is 1.60. The number of ether oxygens (including phenoxy) is 1. The summed E-state index contributed by atoms with van der Waals surface area (Å²) in [4.78, 5) is 11.7. The predicted molar refractivity (Wildman–Crippen MR) is 70.6 cm³/mol. The van der Waals surface area contributed by atoms with Gasteiger partial charge in [0.1, 0.15) is 0 Å². The fourth-order valence-corrected chi connectivity index (χ4v) is 3.45. The standard InChI is InChI=1S/C14H14O3Se/c1-2-6-11(15)12-9-13(14(16)17-12)18-10-7-4-3-5-8-10/h2-9,11-12,15H,1H3/b6-2+/t11-,12+/m1/s1. The van der Waals surface area contributed by atoms with Gasteiger partial charge in [0.15, 0.2) is 0 Å². The van der Waals surface area contributed by atoms with Crippen molar-refractivity contribution < 1.29 is 14.6 Å². The minimum atomic E-state index is -0.761. The quantitative estimate of drug-likeness (QED) is 0.507. The SMILES string of the molecule is C/C=C/[C@@H](O)[C@@H]1C=C([Se]c2ccccc2)C(=O)O1. The van der Waals surface area contributed by atoms with Crippen LogP contribution in [0.3, 0.4) is 0 Å². The molecule has 1 aromatic rings. The molecule has 0 radical (unpaired) electrons. The summed E-state index contributed by atoms with van der Waals surface area (Å²) in [6.45, 7) is 1.82. The topological polar surface area (TPSA) is 46.5 Å². The van der Waals surface area contributed by atoms with E-state index in [1.54, 1.807) is 18.2 Å². The van der Waals surface area contributed by atoms with E-state index in [1.165, 1.54) is 0 Å². The summed E-state index contributed by atoms with van der Waals surface area (Å²) in [5.74, 6) is -0.313. The van der Waals surface area contributed by atoms with Crippen LogP contribution in [0.4, 0.5) is 0 Å². The first-order chi connectivity index (χ1) is 8.70. The number of hydrogen-bond donors (Lipinski definition) is 1. The molecule has 0 amide bonds. The van der Waals surface area contributed by atoms with Gasteiger partial charge in [-0.15, -0.1) is 0 Å². The molecule has 0 bridgehead atoms. The second-order valence-corrected chi connectivity index (χ2v) is 6.17. The van der Waals surface area contributed by atoms with Crippen LogP contribution in [0.25, 0.3) is 0 Å². The molecule has 0 unspecified atom stereocenters. The van der Waals surface area contributed by atoms with Gasteiger partial charge in [-0.25, -0.2) is 0 Å². The second-order valence-electron chi connectivity index (χ2n) is 3.83. The molecule has 3 nitrogen and oxygen atoms in total. The average molecular weight is 309 g/mol. The third-order valence-corrected chi connectivity index (χ3v) is 4.62. The summed E-state index contributed by atoms with van der Waals surface area (Å²) in [7, 11) is 0. The number of carbonyl (C=O) groups is 1. The molecule has 1 aliphatic rings. The summed E-state index contributed by atoms with van der Waals surface area (Å²) >= 11 is -0.0667. The number of hydrogen-bond acceptors (Lipinski definition) is 3. The molecule has 0 spiro atoms. The van der Waals surface area contributed by atoms with Gasteiger partial charge in [-0.2, -0.15) is 0 Å². The van der Waals surface area contributed by atoms with Gasteiger partial charge in [-0.1, -0.05) is 0 Å². The van der Waals surface area contributed by atoms with Crippen LogP contribution in [0.1, 0.15) is 6.92 Å². The van der Waals surface area contributed by atoms with E-state index >= 15 is 0 Å². The van der Waals surface area contributed by atoms with Crippen LogP contribution in [0, 0.1) is 0 Å². The van der Waals surface area contributed by atoms with Gasteiger partial charge < -0.3 is 0 Å². The van der Waals surface area contributed by atoms with Crippen molar-refractivity contribution in [2.75, 3.05) is 0 Å². The fraction of sp³-hybridized carbons (Fsp3) is 0.214. The van der Waals surface area contributed by atoms with Crippen LogP contribution in [0.15, 0.2) is 53.0 Å². The molecular formula is C14H14O3Se. The van der Waals surface area contributed by atoms with Gasteiger partial charge in [0.25, 0.3) is 0 Å². The molecule has 0 saturated carbocycles. The van der Waals surface area contributed by atoms with E-state index in [4.69, 9.17) is 4.74 Å². The van der Waals surface area contributed by atoms with Crippen LogP contribution in [-0.2, 0) is 9.53 Å². The third-order valence-electron chi connectivity index (χ3n) is 2.46. The van der Waals surface area contributed by atoms with Crippen molar-refractivity contribution in [1.82, 2.24) is 0 Å². The maximum atomic E-state index is 11.7. The minimum absolute atomic E-state index is 0.0667. The number of rotatable bonds is 4. The number of aliphatic hydroxyl groups is 1. The van der Waals surface area contributed by atoms with Crippen molar-refractivity contribution in [2.45, 2.75) is 19.1 Å². The summed E-state index contributed by atoms with van der Waals surface area (Å²) in [6, 6.07) is 9.82. The van der Waals surface area contributed by atoms with Gasteiger partial charge in [0.05, 0.1) is 0 Å². The Labute approximate surface area is 112 Å². The Balaban J connectivity index is 2.09. The van der Waals surface area contributed by atoms with E-state index in [1.807, 2.05) is 37.3 Å². The zero-order chi connectivity index (χ0) is 13.0. The number of cyclic esters (lactones) is 1. The first-order valence-corrected chi connectivity index (χ1v) is 7.38. The normalized spacial score (nSPS) is 20.9. The predicted octanol–water partition coefficient (Wildman–Crippen LogP) is 0.762. The van der Waals surface area contributed by atoms with Crippen molar-refractivity contribution in [2.24, 2.45) is 0 Å². The molecule has 0 aromatic heterocycles. The molecule has 1 N–H and O–H groups in total. The van der Waals surface area contributed by atoms with Gasteiger partial charge in [-0.3, -0.25) is 0 Å². The second kappa shape index (κ2) is 6.00. The summed E-state index contributed by atoms with van der Waals surface area (Å²) in [5, 5.41) is 9.75. The van der Waals surface area contributed by atoms with Crippen LogP contribution in [-0.4, -0.2) is 38.2 Å². The number of esters is 1. The zero-order valence-electron chi connectivity index (χ0n) is 9.95. The third kappa shape index (κ3) is 3.10. The number of carbonyl (C=O) groups excluding carboxylic acids is 1. The molecule has 1 aliphatic heterocycles. The Bertz CT molecular complexity index is 479. The molecule has 1 heterocycles. The first kappa shape index (κ1) is 13.1. The van der Waals surface area contributed by atoms with Crippen molar-refractivity contribution in [3.8, 4) is 0 Å². The van der Waals surface area contributed by atoms with E-state index in [0.717, 1.165) is 4.46 Å². The number of aliphatic hydroxyl groups excluding tert-OH is 1. The molecule has 2 atom stereocenters. The molecule has 0 saturated heterocycles. The van der Waals surface area contributed by atoms with Gasteiger partial charge in [0, 0.05) is 0 Å². The first-order valence-electron chi connectivity index (χ1n) is 5.67. The van der Waals surface area contributed by atoms with E-state index in [-0.39, 0.29) is 20.9 Å². The molecule has 94 valence electrons. The molecule has 1 aromatic carbocycles. The molecular weight excluding hydrogens is 295 g/mol. The van der Waals surface area contributed by atoms with Crippen molar-refractivity contribution >= 4 is 25.4 Å². The Morgan fingerprint density at radius 2 is 2.11 bits per heavy atom. The summed E-state index contributed by atoms with van der Waals surface area (Å²) < 4.78 is 6.93. The van der Waals surface area contributed by atoms with Gasteiger partial charge in [-0.05, 0) is 0 Å². The van der Waals surface area contributed by atoms with Crippen LogP contribution < -0.4 is 4.46 Å². The van der Waals surface area contributed by atoms with Crippen LogP contribution in [0.5, 0.6) is 0 Å². The molecule has 0 fully saturated rings. The Kier molecular flexibility index (Phi) is 4.37. The number of allylic oxidation sites excluding steroid dienone is 1. The summed E-state index contributed by atoms with van der Waals surface area (Å²) in [6.07, 6.45) is 3.79. The number of benzene rings is 1. The van der Waals surface area contributed by atoms with Crippen LogP contribution in [0.2, 0.25) is 0 Å². The Morgan fingerprint density at radius 3 is 2.78 bits per heavy atom. The Morgan fingerprint density at radius 1 is 1.39 bits per heavy atom. The Hall–Kier alpha value is -1.35. The zero-order valence-corrected chi connectivity index (χ0v) is 11.7. The van der Waals surface area contributed by atoms with Crippen LogP contribution >= 0.6 is 0 Å². The monoisotopic (exact) mass is 310 g/mol. The van der Waals surface area contributed by atoms with E-state index in [0.29, 0.717) is 4.47 Å². The van der Waals surface area contributed by atoms with Crippen molar-refractivity contribution in [3.05, 3.63) is 53.0 Å². The maximum absolute atomic E-state index is 11.7. The average Bonchev–Trinajstić information content (AvgIpc) is 2.73. The van der Waals surface area contributed by atoms with Gasteiger partial charge in [0.2, 0.25) is 0 Å². The van der Waals surface area contributed by atoms with E-state index < -0.39 is 12.2 Å². The van der Waals surface area contributed by atoms with E-state index in [9.17, 15) is 9.90 Å². The molecule has 4 heteroatoms. The van der Waals surface area contributed by atoms with E-state index in [2.05, 4.69) is 0 Å². The van der Waals surface area contributed by atoms with Crippen molar-refractivity contribution in [3.63, 3.8) is 0 Å². The molecule has 2 rings (SSSR count). The molecule has 0 aliphatic carbocycles. The molecule has 18 heavy (non-hydrogen) atoms. The van der Waals surface area contributed by atoms with Crippen molar-refractivity contribution in [1.29, 1.82) is 0 Å². The van der Waals surface area contributed by atoms with Gasteiger partial charge >= 0.3 is 112 Å². The summed E-state index contributed by atoms with van der Waals surface area (Å²) in [5.41, 5.74) is 0.